The summed E-state index contributed by atoms with van der Waals surface area (Å²) in [6.45, 7) is 3.44. The minimum atomic E-state index is -0.651. The maximum absolute atomic E-state index is 13.7. The molecule has 0 N–H and O–H groups in total. The minimum Gasteiger partial charge on any atom is -0.337 e. The van der Waals surface area contributed by atoms with Crippen LogP contribution in [0.1, 0.15) is 27.9 Å². The molecule has 27 heavy (non-hydrogen) atoms. The third kappa shape index (κ3) is 4.78. The molecule has 2 aromatic rings. The number of carbonyl (C=O) groups is 1. The second-order valence-electron chi connectivity index (χ2n) is 6.48. The fourth-order valence-corrected chi connectivity index (χ4v) is 3.60. The summed E-state index contributed by atoms with van der Waals surface area (Å²) in [4.78, 5) is 16.7. The van der Waals surface area contributed by atoms with Gasteiger partial charge in [0.05, 0.1) is 27.2 Å². The third-order valence-corrected chi connectivity index (χ3v) is 5.21. The molecule has 140 valence electrons. The summed E-state index contributed by atoms with van der Waals surface area (Å²) in [6, 6.07) is 12.0. The number of halogens is 3. The van der Waals surface area contributed by atoms with Crippen molar-refractivity contribution in [1.82, 2.24) is 9.80 Å². The molecule has 0 radical (unpaired) electrons. The van der Waals surface area contributed by atoms with Gasteiger partial charge in [-0.25, -0.2) is 4.39 Å². The summed E-state index contributed by atoms with van der Waals surface area (Å²) < 4.78 is 13.7. The lowest BCUT2D eigenvalue weighted by Crippen LogP contribution is -2.35. The molecule has 0 saturated carbocycles. The van der Waals surface area contributed by atoms with Gasteiger partial charge in [-0.05, 0) is 36.2 Å². The van der Waals surface area contributed by atoms with Crippen LogP contribution in [-0.2, 0) is 6.54 Å². The standard InChI is InChI=1S/C20H18Cl2FN3O/c21-17-11-18(22)19(23)10-16(17)20(27)26-7-1-6-25(8-9-26)13-15-4-2-14(12-24)3-5-15/h2-5,10-11H,1,6-9,13H2. The van der Waals surface area contributed by atoms with Gasteiger partial charge in [0.2, 0.25) is 0 Å². The lowest BCUT2D eigenvalue weighted by Gasteiger charge is -2.22. The number of benzene rings is 2. The smallest absolute Gasteiger partial charge is 0.255 e. The molecule has 2 aromatic carbocycles. The van der Waals surface area contributed by atoms with E-state index in [0.29, 0.717) is 25.2 Å². The summed E-state index contributed by atoms with van der Waals surface area (Å²) in [6.07, 6.45) is 0.815. The van der Waals surface area contributed by atoms with Crippen molar-refractivity contribution in [3.63, 3.8) is 0 Å². The third-order valence-electron chi connectivity index (χ3n) is 4.61. The second-order valence-corrected chi connectivity index (χ2v) is 7.29. The van der Waals surface area contributed by atoms with Crippen LogP contribution < -0.4 is 0 Å². The van der Waals surface area contributed by atoms with Crippen LogP contribution >= 0.6 is 23.2 Å². The van der Waals surface area contributed by atoms with Crippen LogP contribution in [0, 0.1) is 17.1 Å². The lowest BCUT2D eigenvalue weighted by molar-refractivity contribution is 0.0761. The predicted octanol–water partition coefficient (Wildman–Crippen LogP) is 4.35. The van der Waals surface area contributed by atoms with Gasteiger partial charge in [-0.3, -0.25) is 9.69 Å². The molecule has 0 aromatic heterocycles. The van der Waals surface area contributed by atoms with E-state index in [2.05, 4.69) is 11.0 Å². The van der Waals surface area contributed by atoms with Gasteiger partial charge in [-0.1, -0.05) is 35.3 Å². The van der Waals surface area contributed by atoms with Gasteiger partial charge in [0, 0.05) is 32.7 Å². The van der Waals surface area contributed by atoms with E-state index in [0.717, 1.165) is 31.1 Å². The number of carbonyl (C=O) groups excluding carboxylic acids is 1. The SMILES string of the molecule is N#Cc1ccc(CN2CCCN(C(=O)c3cc(F)c(Cl)cc3Cl)CC2)cc1. The molecule has 4 nitrogen and oxygen atoms in total. The highest BCUT2D eigenvalue weighted by atomic mass is 35.5. The van der Waals surface area contributed by atoms with E-state index < -0.39 is 5.82 Å². The zero-order chi connectivity index (χ0) is 19.4. The van der Waals surface area contributed by atoms with Crippen LogP contribution in [0.15, 0.2) is 36.4 Å². The molecular weight excluding hydrogens is 388 g/mol. The zero-order valence-electron chi connectivity index (χ0n) is 14.6. The number of nitrogens with zero attached hydrogens (tertiary/aromatic N) is 3. The fraction of sp³-hybridized carbons (Fsp3) is 0.300. The van der Waals surface area contributed by atoms with E-state index in [1.54, 1.807) is 17.0 Å². The Morgan fingerprint density at radius 2 is 1.81 bits per heavy atom. The number of amides is 1. The van der Waals surface area contributed by atoms with E-state index in [1.807, 2.05) is 12.1 Å². The van der Waals surface area contributed by atoms with Crippen LogP contribution in [0.5, 0.6) is 0 Å². The summed E-state index contributed by atoms with van der Waals surface area (Å²) in [7, 11) is 0. The van der Waals surface area contributed by atoms with Gasteiger partial charge in [-0.15, -0.1) is 0 Å². The average Bonchev–Trinajstić information content (AvgIpc) is 2.90. The highest BCUT2D eigenvalue weighted by Crippen LogP contribution is 2.26. The lowest BCUT2D eigenvalue weighted by atomic mass is 10.1. The van der Waals surface area contributed by atoms with Gasteiger partial charge in [0.15, 0.2) is 0 Å². The van der Waals surface area contributed by atoms with Crippen molar-refractivity contribution in [2.24, 2.45) is 0 Å². The van der Waals surface area contributed by atoms with Crippen LogP contribution in [0.4, 0.5) is 4.39 Å². The Hall–Kier alpha value is -2.13. The largest absolute Gasteiger partial charge is 0.337 e. The van der Waals surface area contributed by atoms with Gasteiger partial charge in [0.25, 0.3) is 5.91 Å². The van der Waals surface area contributed by atoms with Crippen molar-refractivity contribution < 1.29 is 9.18 Å². The molecule has 7 heteroatoms. The first kappa shape index (κ1) is 19.6. The van der Waals surface area contributed by atoms with Gasteiger partial charge in [0.1, 0.15) is 5.82 Å². The molecule has 0 unspecified atom stereocenters. The first-order valence-corrected chi connectivity index (χ1v) is 9.38. The molecule has 3 rings (SSSR count). The van der Waals surface area contributed by atoms with Crippen LogP contribution in [0.25, 0.3) is 0 Å². The van der Waals surface area contributed by atoms with E-state index in [4.69, 9.17) is 28.5 Å². The predicted molar refractivity (Wildman–Crippen MR) is 103 cm³/mol. The number of hydrogen-bond donors (Lipinski definition) is 0. The molecule has 1 aliphatic rings. The molecule has 1 saturated heterocycles. The number of rotatable bonds is 3. The topological polar surface area (TPSA) is 47.3 Å². The normalized spacial score (nSPS) is 15.3. The molecule has 0 atom stereocenters. The maximum atomic E-state index is 13.7. The van der Waals surface area contributed by atoms with E-state index in [-0.39, 0.29) is 21.5 Å². The Morgan fingerprint density at radius 3 is 2.52 bits per heavy atom. The van der Waals surface area contributed by atoms with Crippen molar-refractivity contribution in [3.8, 4) is 6.07 Å². The highest BCUT2D eigenvalue weighted by molar-refractivity contribution is 6.36. The van der Waals surface area contributed by atoms with Gasteiger partial charge >= 0.3 is 0 Å². The summed E-state index contributed by atoms with van der Waals surface area (Å²) in [5.41, 5.74) is 1.90. The van der Waals surface area contributed by atoms with E-state index in [1.165, 1.54) is 6.07 Å². The van der Waals surface area contributed by atoms with E-state index >= 15 is 0 Å². The number of hydrogen-bond acceptors (Lipinski definition) is 3. The minimum absolute atomic E-state index is 0.0963. The van der Waals surface area contributed by atoms with Gasteiger partial charge in [-0.2, -0.15) is 5.26 Å². The Bertz CT molecular complexity index is 880. The average molecular weight is 406 g/mol. The summed E-state index contributed by atoms with van der Waals surface area (Å²) >= 11 is 11.8. The molecule has 0 aliphatic carbocycles. The second kappa shape index (κ2) is 8.71. The van der Waals surface area contributed by atoms with Crippen LogP contribution in [0.2, 0.25) is 10.0 Å². The summed E-state index contributed by atoms with van der Waals surface area (Å²) in [5, 5.41) is 8.94. The van der Waals surface area contributed by atoms with Crippen molar-refractivity contribution in [3.05, 3.63) is 69.0 Å². The maximum Gasteiger partial charge on any atom is 0.255 e. The molecule has 0 bridgehead atoms. The molecule has 1 heterocycles. The van der Waals surface area contributed by atoms with Crippen LogP contribution in [0.3, 0.4) is 0 Å². The molecule has 1 aliphatic heterocycles. The molecule has 1 amide bonds. The fourth-order valence-electron chi connectivity index (χ4n) is 3.13. The first-order valence-electron chi connectivity index (χ1n) is 8.63. The molecular formula is C20H18Cl2FN3O. The Labute approximate surface area is 167 Å². The van der Waals surface area contributed by atoms with Crippen molar-refractivity contribution in [2.75, 3.05) is 26.2 Å². The van der Waals surface area contributed by atoms with Crippen molar-refractivity contribution >= 4 is 29.1 Å². The van der Waals surface area contributed by atoms with Gasteiger partial charge < -0.3 is 4.90 Å². The Morgan fingerprint density at radius 1 is 1.07 bits per heavy atom. The van der Waals surface area contributed by atoms with E-state index in [9.17, 15) is 9.18 Å². The quantitative estimate of drug-likeness (QED) is 0.712. The first-order chi connectivity index (χ1) is 13.0. The number of nitriles is 1. The molecule has 0 spiro atoms. The zero-order valence-corrected chi connectivity index (χ0v) is 16.1. The highest BCUT2D eigenvalue weighted by Gasteiger charge is 2.23. The Balaban J connectivity index is 1.65. The van der Waals surface area contributed by atoms with Crippen molar-refractivity contribution in [1.29, 1.82) is 5.26 Å². The van der Waals surface area contributed by atoms with Crippen molar-refractivity contribution in [2.45, 2.75) is 13.0 Å². The summed E-state index contributed by atoms with van der Waals surface area (Å²) in [5.74, 6) is -0.933. The monoisotopic (exact) mass is 405 g/mol. The molecule has 1 fully saturated rings. The Kier molecular flexibility index (Phi) is 6.33. The van der Waals surface area contributed by atoms with Crippen LogP contribution in [-0.4, -0.2) is 41.9 Å².